The summed E-state index contributed by atoms with van der Waals surface area (Å²) in [6.07, 6.45) is 8.46. The third-order valence-corrected chi connectivity index (χ3v) is 6.13. The summed E-state index contributed by atoms with van der Waals surface area (Å²) in [6.45, 7) is 7.70. The van der Waals surface area contributed by atoms with Crippen LogP contribution in [0, 0.1) is 6.92 Å². The fourth-order valence-electron chi connectivity index (χ4n) is 4.27. The van der Waals surface area contributed by atoms with E-state index in [1.54, 1.807) is 12.5 Å². The Morgan fingerprint density at radius 3 is 2.00 bits per heavy atom. The number of benzene rings is 2. The van der Waals surface area contributed by atoms with E-state index in [9.17, 15) is 4.79 Å². The lowest BCUT2D eigenvalue weighted by Gasteiger charge is -2.46. The minimum absolute atomic E-state index is 0.121. The SMILES string of the molecule is CC(=O)c1ccccc1.Cc1ccc(C2(CN3CCCCC3)CCC2)cc1. The third-order valence-electron chi connectivity index (χ3n) is 6.13. The van der Waals surface area contributed by atoms with Crippen LogP contribution >= 0.6 is 0 Å². The molecule has 2 aromatic carbocycles. The highest BCUT2D eigenvalue weighted by Gasteiger charge is 2.39. The van der Waals surface area contributed by atoms with Gasteiger partial charge < -0.3 is 4.90 Å². The van der Waals surface area contributed by atoms with Gasteiger partial charge in [-0.1, -0.05) is 73.0 Å². The topological polar surface area (TPSA) is 20.3 Å². The number of rotatable bonds is 4. The molecular weight excluding hydrogens is 330 g/mol. The van der Waals surface area contributed by atoms with Gasteiger partial charge in [-0.05, 0) is 58.2 Å². The number of nitrogens with zero attached hydrogens (tertiary/aromatic N) is 1. The van der Waals surface area contributed by atoms with Crippen LogP contribution in [0.15, 0.2) is 54.6 Å². The standard InChI is InChI=1S/C17H25N.C8H8O/c1-15-6-8-16(9-7-15)17(10-5-11-17)14-18-12-3-2-4-13-18;1-7(9)8-5-3-2-4-6-8/h6-9H,2-5,10-14H2,1H3;2-6H,1H3. The number of Topliss-reactive ketones (excluding diaryl/α,β-unsaturated/α-hetero) is 1. The number of hydrogen-bond donors (Lipinski definition) is 0. The van der Waals surface area contributed by atoms with Gasteiger partial charge in [0, 0.05) is 17.5 Å². The summed E-state index contributed by atoms with van der Waals surface area (Å²) in [7, 11) is 0. The molecule has 2 aromatic rings. The molecule has 0 N–H and O–H groups in total. The van der Waals surface area contributed by atoms with E-state index in [2.05, 4.69) is 36.1 Å². The van der Waals surface area contributed by atoms with E-state index in [-0.39, 0.29) is 5.78 Å². The van der Waals surface area contributed by atoms with Crippen LogP contribution in [-0.4, -0.2) is 30.3 Å². The number of aryl methyl sites for hydroxylation is 1. The van der Waals surface area contributed by atoms with Crippen molar-refractivity contribution >= 4 is 5.78 Å². The minimum Gasteiger partial charge on any atom is -0.302 e. The summed E-state index contributed by atoms with van der Waals surface area (Å²) >= 11 is 0. The predicted octanol–water partition coefficient (Wildman–Crippen LogP) is 5.79. The van der Waals surface area contributed by atoms with Crippen LogP contribution < -0.4 is 0 Å². The Hall–Kier alpha value is -1.93. The Morgan fingerprint density at radius 1 is 0.889 bits per heavy atom. The van der Waals surface area contributed by atoms with Gasteiger partial charge in [-0.2, -0.15) is 0 Å². The van der Waals surface area contributed by atoms with Crippen LogP contribution in [-0.2, 0) is 5.41 Å². The monoisotopic (exact) mass is 363 g/mol. The Bertz CT molecular complexity index is 710. The molecule has 0 unspecified atom stereocenters. The Balaban J connectivity index is 0.000000197. The van der Waals surface area contributed by atoms with Crippen molar-refractivity contribution in [3.8, 4) is 0 Å². The lowest BCUT2D eigenvalue weighted by molar-refractivity contribution is 0.101. The molecule has 2 nitrogen and oxygen atoms in total. The third kappa shape index (κ3) is 5.29. The van der Waals surface area contributed by atoms with Crippen LogP contribution in [0.3, 0.4) is 0 Å². The van der Waals surface area contributed by atoms with E-state index < -0.39 is 0 Å². The minimum atomic E-state index is 0.121. The number of hydrogen-bond acceptors (Lipinski definition) is 2. The highest BCUT2D eigenvalue weighted by Crippen LogP contribution is 2.44. The first kappa shape index (κ1) is 19.8. The zero-order chi connectivity index (χ0) is 19.1. The van der Waals surface area contributed by atoms with Gasteiger partial charge in [-0.15, -0.1) is 0 Å². The van der Waals surface area contributed by atoms with E-state index in [1.165, 1.54) is 63.7 Å². The second-order valence-corrected chi connectivity index (χ2v) is 8.26. The largest absolute Gasteiger partial charge is 0.302 e. The van der Waals surface area contributed by atoms with Crippen molar-refractivity contribution in [1.82, 2.24) is 4.90 Å². The van der Waals surface area contributed by atoms with E-state index in [0.717, 1.165) is 5.56 Å². The normalized spacial score (nSPS) is 18.7. The highest BCUT2D eigenvalue weighted by molar-refractivity contribution is 5.93. The number of carbonyl (C=O) groups excluding carboxylic acids is 1. The molecule has 2 fully saturated rings. The van der Waals surface area contributed by atoms with Gasteiger partial charge in [0.05, 0.1) is 0 Å². The summed E-state index contributed by atoms with van der Waals surface area (Å²) in [5.74, 6) is 0.121. The first-order chi connectivity index (χ1) is 13.1. The van der Waals surface area contributed by atoms with Crippen molar-refractivity contribution in [3.05, 3.63) is 71.3 Å². The first-order valence-corrected chi connectivity index (χ1v) is 10.4. The second-order valence-electron chi connectivity index (χ2n) is 8.26. The average Bonchev–Trinajstić information content (AvgIpc) is 2.67. The quantitative estimate of drug-likeness (QED) is 0.641. The predicted molar refractivity (Wildman–Crippen MR) is 113 cm³/mol. The maximum atomic E-state index is 10.6. The molecule has 1 heterocycles. The van der Waals surface area contributed by atoms with Crippen molar-refractivity contribution in [2.45, 2.75) is 57.8 Å². The Labute approximate surface area is 164 Å². The molecule has 144 valence electrons. The fourth-order valence-corrected chi connectivity index (χ4v) is 4.27. The summed E-state index contributed by atoms with van der Waals surface area (Å²) in [4.78, 5) is 13.4. The maximum absolute atomic E-state index is 10.6. The number of ketones is 1. The fraction of sp³-hybridized carbons (Fsp3) is 0.480. The van der Waals surface area contributed by atoms with E-state index in [0.29, 0.717) is 5.41 Å². The molecule has 4 rings (SSSR count). The van der Waals surface area contributed by atoms with Crippen LogP contribution in [0.4, 0.5) is 0 Å². The van der Waals surface area contributed by atoms with Gasteiger partial charge in [-0.25, -0.2) is 0 Å². The van der Waals surface area contributed by atoms with Crippen molar-refractivity contribution in [2.75, 3.05) is 19.6 Å². The molecule has 0 atom stereocenters. The first-order valence-electron chi connectivity index (χ1n) is 10.4. The molecule has 0 radical (unpaired) electrons. The van der Waals surface area contributed by atoms with Crippen molar-refractivity contribution in [3.63, 3.8) is 0 Å². The van der Waals surface area contributed by atoms with Crippen LogP contribution in [0.1, 0.15) is 66.9 Å². The van der Waals surface area contributed by atoms with Gasteiger partial charge in [0.1, 0.15) is 0 Å². The van der Waals surface area contributed by atoms with Crippen molar-refractivity contribution in [2.24, 2.45) is 0 Å². The molecule has 0 bridgehead atoms. The van der Waals surface area contributed by atoms with Crippen LogP contribution in [0.2, 0.25) is 0 Å². The maximum Gasteiger partial charge on any atom is 0.159 e. The molecule has 2 aliphatic rings. The van der Waals surface area contributed by atoms with Crippen molar-refractivity contribution < 1.29 is 4.79 Å². The van der Waals surface area contributed by atoms with Gasteiger partial charge in [-0.3, -0.25) is 4.79 Å². The van der Waals surface area contributed by atoms with Gasteiger partial charge in [0.15, 0.2) is 5.78 Å². The smallest absolute Gasteiger partial charge is 0.159 e. The summed E-state index contributed by atoms with van der Waals surface area (Å²) in [5, 5.41) is 0. The number of piperidine rings is 1. The molecule has 0 amide bonds. The molecule has 0 aromatic heterocycles. The van der Waals surface area contributed by atoms with E-state index >= 15 is 0 Å². The second kappa shape index (κ2) is 9.32. The average molecular weight is 364 g/mol. The molecular formula is C25H33NO. The molecule has 1 aliphatic carbocycles. The Morgan fingerprint density at radius 2 is 1.52 bits per heavy atom. The summed E-state index contributed by atoms with van der Waals surface area (Å²) in [6, 6.07) is 18.5. The molecule has 2 heteroatoms. The van der Waals surface area contributed by atoms with Gasteiger partial charge in [0.2, 0.25) is 0 Å². The molecule has 0 spiro atoms. The van der Waals surface area contributed by atoms with Gasteiger partial charge >= 0.3 is 0 Å². The summed E-state index contributed by atoms with van der Waals surface area (Å²) < 4.78 is 0. The van der Waals surface area contributed by atoms with Gasteiger partial charge in [0.25, 0.3) is 0 Å². The summed E-state index contributed by atoms with van der Waals surface area (Å²) in [5.41, 5.74) is 4.24. The lowest BCUT2D eigenvalue weighted by Crippen LogP contribution is -2.47. The number of likely N-dealkylation sites (tertiary alicyclic amines) is 1. The lowest BCUT2D eigenvalue weighted by atomic mass is 9.64. The Kier molecular flexibility index (Phi) is 6.84. The van der Waals surface area contributed by atoms with Crippen molar-refractivity contribution in [1.29, 1.82) is 0 Å². The molecule has 1 aliphatic heterocycles. The van der Waals surface area contributed by atoms with Crippen LogP contribution in [0.25, 0.3) is 0 Å². The van der Waals surface area contributed by atoms with E-state index in [1.807, 2.05) is 30.3 Å². The molecule has 1 saturated heterocycles. The molecule has 27 heavy (non-hydrogen) atoms. The van der Waals surface area contributed by atoms with Crippen LogP contribution in [0.5, 0.6) is 0 Å². The zero-order valence-corrected chi connectivity index (χ0v) is 16.9. The number of carbonyl (C=O) groups is 1. The molecule has 1 saturated carbocycles. The highest BCUT2D eigenvalue weighted by atomic mass is 16.1. The zero-order valence-electron chi connectivity index (χ0n) is 16.9. The van der Waals surface area contributed by atoms with E-state index in [4.69, 9.17) is 0 Å².